The Morgan fingerprint density at radius 2 is 1.79 bits per heavy atom. The average Bonchev–Trinajstić information content (AvgIpc) is 3.04. The predicted octanol–water partition coefficient (Wildman–Crippen LogP) is 3.88. The molecular weight excluding hydrogens is 388 g/mol. The van der Waals surface area contributed by atoms with Crippen molar-refractivity contribution >= 4 is 33.4 Å². The number of nitrogens with zero attached hydrogens (tertiary/aromatic N) is 2. The number of thiazole rings is 1. The Morgan fingerprint density at radius 3 is 2.45 bits per heavy atom. The van der Waals surface area contributed by atoms with Crippen LogP contribution in [0.4, 0.5) is 0 Å². The molecule has 0 fully saturated rings. The van der Waals surface area contributed by atoms with Gasteiger partial charge in [0.05, 0.1) is 29.5 Å². The lowest BCUT2D eigenvalue weighted by Crippen LogP contribution is -2.20. The van der Waals surface area contributed by atoms with E-state index in [4.69, 9.17) is 4.74 Å². The Morgan fingerprint density at radius 1 is 1.10 bits per heavy atom. The van der Waals surface area contributed by atoms with Crippen LogP contribution in [-0.4, -0.2) is 36.8 Å². The number of methoxy groups -OCH3 is 1. The second kappa shape index (κ2) is 9.15. The van der Waals surface area contributed by atoms with E-state index in [-0.39, 0.29) is 5.91 Å². The summed E-state index contributed by atoms with van der Waals surface area (Å²) in [5.74, 6) is -0.794. The smallest absolute Gasteiger partial charge is 0.337 e. The highest BCUT2D eigenvalue weighted by molar-refractivity contribution is 7.16. The fourth-order valence-electron chi connectivity index (χ4n) is 3.20. The van der Waals surface area contributed by atoms with Gasteiger partial charge in [0.25, 0.3) is 5.91 Å². The summed E-state index contributed by atoms with van der Waals surface area (Å²) in [6, 6.07) is 10.5. The van der Waals surface area contributed by atoms with Gasteiger partial charge in [0, 0.05) is 18.7 Å². The zero-order chi connectivity index (χ0) is 21.0. The monoisotopic (exact) mass is 412 g/mol. The molecule has 152 valence electrons. The van der Waals surface area contributed by atoms with Crippen LogP contribution in [0.3, 0.4) is 0 Å². The van der Waals surface area contributed by atoms with Crippen molar-refractivity contribution in [3.63, 3.8) is 0 Å². The minimum atomic E-state index is -0.440. The second-order valence-electron chi connectivity index (χ2n) is 6.65. The fraction of sp³-hybridized carbons (Fsp3) is 0.318. The normalized spacial score (nSPS) is 11.8. The number of aryl methyl sites for hydroxylation is 2. The first kappa shape index (κ1) is 21.0. The number of carbonyl (C=O) groups is 2. The molecule has 3 aromatic rings. The van der Waals surface area contributed by atoms with E-state index in [1.54, 1.807) is 24.3 Å². The third-order valence-electron chi connectivity index (χ3n) is 4.53. The van der Waals surface area contributed by atoms with Crippen LogP contribution in [0.5, 0.6) is 0 Å². The van der Waals surface area contributed by atoms with Crippen molar-refractivity contribution in [2.45, 2.75) is 27.3 Å². The number of hydrogen-bond donors (Lipinski definition) is 0. The van der Waals surface area contributed by atoms with Gasteiger partial charge in [-0.1, -0.05) is 17.4 Å². The van der Waals surface area contributed by atoms with Gasteiger partial charge in [-0.25, -0.2) is 4.79 Å². The van der Waals surface area contributed by atoms with Gasteiger partial charge < -0.3 is 14.0 Å². The number of esters is 1. The first-order valence-electron chi connectivity index (χ1n) is 9.40. The largest absolute Gasteiger partial charge is 0.465 e. The molecule has 1 amide bonds. The average molecular weight is 413 g/mol. The molecule has 1 aromatic heterocycles. The molecule has 0 aliphatic carbocycles. The van der Waals surface area contributed by atoms with Gasteiger partial charge in [-0.05, 0) is 62.2 Å². The van der Waals surface area contributed by atoms with Crippen molar-refractivity contribution < 1.29 is 19.1 Å². The van der Waals surface area contributed by atoms with Crippen LogP contribution in [-0.2, 0) is 16.0 Å². The maximum atomic E-state index is 12.8. The highest BCUT2D eigenvalue weighted by atomic mass is 32.1. The van der Waals surface area contributed by atoms with Crippen LogP contribution in [0.2, 0.25) is 0 Å². The molecule has 2 aromatic carbocycles. The summed E-state index contributed by atoms with van der Waals surface area (Å²) in [6.07, 6.45) is 0. The lowest BCUT2D eigenvalue weighted by atomic mass is 10.1. The Bertz CT molecular complexity index is 1110. The van der Waals surface area contributed by atoms with Crippen LogP contribution in [0, 0.1) is 13.8 Å². The number of hydrogen-bond acceptors (Lipinski definition) is 5. The number of amides is 1. The van der Waals surface area contributed by atoms with Crippen LogP contribution >= 0.6 is 11.3 Å². The maximum Gasteiger partial charge on any atom is 0.337 e. The molecule has 29 heavy (non-hydrogen) atoms. The van der Waals surface area contributed by atoms with Gasteiger partial charge in [0.2, 0.25) is 0 Å². The van der Waals surface area contributed by atoms with Crippen LogP contribution in [0.1, 0.15) is 38.8 Å². The van der Waals surface area contributed by atoms with E-state index in [1.165, 1.54) is 24.0 Å². The van der Waals surface area contributed by atoms with Crippen molar-refractivity contribution in [3.8, 4) is 0 Å². The molecular formula is C22H24N2O4S. The van der Waals surface area contributed by atoms with E-state index in [9.17, 15) is 9.59 Å². The number of carbonyl (C=O) groups excluding carboxylic acids is 2. The van der Waals surface area contributed by atoms with Crippen LogP contribution < -0.4 is 4.80 Å². The lowest BCUT2D eigenvalue weighted by molar-refractivity contribution is 0.0600. The molecule has 7 heteroatoms. The number of rotatable bonds is 6. The molecule has 1 heterocycles. The summed E-state index contributed by atoms with van der Waals surface area (Å²) >= 11 is 1.49. The molecule has 3 rings (SSSR count). The zero-order valence-electron chi connectivity index (χ0n) is 17.0. The summed E-state index contributed by atoms with van der Waals surface area (Å²) < 4.78 is 13.3. The molecule has 0 radical (unpaired) electrons. The van der Waals surface area contributed by atoms with E-state index in [0.29, 0.717) is 35.7 Å². The van der Waals surface area contributed by atoms with Gasteiger partial charge in [-0.3, -0.25) is 4.79 Å². The standard InChI is InChI=1S/C22H24N2O4S/c1-5-28-11-10-24-19-15(3)12-14(2)13-18(19)29-22(24)23-20(25)16-6-8-17(9-7-16)21(26)27-4/h6-9,12-13H,5,10-11H2,1-4H3. The minimum absolute atomic E-state index is 0.354. The van der Waals surface area contributed by atoms with Gasteiger partial charge in [-0.2, -0.15) is 4.99 Å². The molecule has 0 bridgehead atoms. The van der Waals surface area contributed by atoms with Crippen molar-refractivity contribution in [3.05, 3.63) is 63.5 Å². The minimum Gasteiger partial charge on any atom is -0.465 e. The first-order valence-corrected chi connectivity index (χ1v) is 10.2. The molecule has 0 N–H and O–H groups in total. The van der Waals surface area contributed by atoms with Crippen molar-refractivity contribution in [1.29, 1.82) is 0 Å². The summed E-state index contributed by atoms with van der Waals surface area (Å²) in [6.45, 7) is 7.88. The summed E-state index contributed by atoms with van der Waals surface area (Å²) in [4.78, 5) is 29.3. The molecule has 0 spiro atoms. The fourth-order valence-corrected chi connectivity index (χ4v) is 4.43. The van der Waals surface area contributed by atoms with E-state index < -0.39 is 5.97 Å². The Labute approximate surface area is 173 Å². The van der Waals surface area contributed by atoms with Gasteiger partial charge in [-0.15, -0.1) is 0 Å². The lowest BCUT2D eigenvalue weighted by Gasteiger charge is -2.08. The highest BCUT2D eigenvalue weighted by Gasteiger charge is 2.13. The number of ether oxygens (including phenoxy) is 2. The van der Waals surface area contributed by atoms with Crippen LogP contribution in [0.25, 0.3) is 10.2 Å². The SMILES string of the molecule is CCOCCn1c(=NC(=O)c2ccc(C(=O)OC)cc2)sc2cc(C)cc(C)c21. The Kier molecular flexibility index (Phi) is 6.61. The van der Waals surface area contributed by atoms with Crippen molar-refractivity contribution in [1.82, 2.24) is 4.57 Å². The highest BCUT2D eigenvalue weighted by Crippen LogP contribution is 2.23. The summed E-state index contributed by atoms with van der Waals surface area (Å²) in [7, 11) is 1.32. The van der Waals surface area contributed by atoms with E-state index in [1.807, 2.05) is 11.5 Å². The topological polar surface area (TPSA) is 69.9 Å². The third-order valence-corrected chi connectivity index (χ3v) is 5.55. The summed E-state index contributed by atoms with van der Waals surface area (Å²) in [5.41, 5.74) is 4.20. The van der Waals surface area contributed by atoms with E-state index >= 15 is 0 Å². The Balaban J connectivity index is 2.03. The van der Waals surface area contributed by atoms with Gasteiger partial charge in [0.15, 0.2) is 4.80 Å². The predicted molar refractivity (Wildman–Crippen MR) is 113 cm³/mol. The van der Waals surface area contributed by atoms with Crippen LogP contribution in [0.15, 0.2) is 41.4 Å². The molecule has 0 aliphatic rings. The third kappa shape index (κ3) is 4.63. The molecule has 0 saturated carbocycles. The Hall–Kier alpha value is -2.77. The zero-order valence-corrected chi connectivity index (χ0v) is 17.8. The molecule has 0 saturated heterocycles. The van der Waals surface area contributed by atoms with Crippen molar-refractivity contribution in [2.75, 3.05) is 20.3 Å². The second-order valence-corrected chi connectivity index (χ2v) is 7.66. The van der Waals surface area contributed by atoms with E-state index in [0.717, 1.165) is 15.8 Å². The van der Waals surface area contributed by atoms with Crippen molar-refractivity contribution in [2.24, 2.45) is 4.99 Å². The molecule has 0 atom stereocenters. The number of aromatic nitrogens is 1. The molecule has 0 unspecified atom stereocenters. The quantitative estimate of drug-likeness (QED) is 0.455. The molecule has 0 aliphatic heterocycles. The van der Waals surface area contributed by atoms with Gasteiger partial charge >= 0.3 is 5.97 Å². The first-order chi connectivity index (χ1) is 13.9. The van der Waals surface area contributed by atoms with E-state index in [2.05, 4.69) is 35.7 Å². The van der Waals surface area contributed by atoms with Gasteiger partial charge in [0.1, 0.15) is 0 Å². The summed E-state index contributed by atoms with van der Waals surface area (Å²) in [5, 5.41) is 0. The molecule has 6 nitrogen and oxygen atoms in total. The number of benzene rings is 2. The number of fused-ring (bicyclic) bond motifs is 1. The maximum absolute atomic E-state index is 12.8.